The van der Waals surface area contributed by atoms with Gasteiger partial charge in [0.1, 0.15) is 0 Å². The number of nitrogen functional groups attached to an aromatic ring is 1. The molecule has 0 fully saturated rings. The fraction of sp³-hybridized carbons (Fsp3) is 0.167. The van der Waals surface area contributed by atoms with E-state index < -0.39 is 0 Å². The van der Waals surface area contributed by atoms with E-state index in [0.29, 0.717) is 22.4 Å². The molecule has 1 aromatic carbocycles. The summed E-state index contributed by atoms with van der Waals surface area (Å²) >= 11 is 7.19. The van der Waals surface area contributed by atoms with Gasteiger partial charge in [0.15, 0.2) is 5.13 Å². The topological polar surface area (TPSA) is 68.0 Å². The molecule has 4 nitrogen and oxygen atoms in total. The van der Waals surface area contributed by atoms with Crippen molar-refractivity contribution in [3.05, 3.63) is 45.9 Å². The van der Waals surface area contributed by atoms with Crippen LogP contribution in [-0.4, -0.2) is 10.9 Å². The molecule has 0 saturated heterocycles. The molecule has 2 rings (SSSR count). The number of anilines is 1. The first kappa shape index (κ1) is 12.9. The maximum Gasteiger partial charge on any atom is 0.226 e. The predicted molar refractivity (Wildman–Crippen MR) is 73.5 cm³/mol. The summed E-state index contributed by atoms with van der Waals surface area (Å²) in [5, 5.41) is 5.74. The molecule has 1 aromatic heterocycles. The van der Waals surface area contributed by atoms with Gasteiger partial charge in [-0.1, -0.05) is 23.7 Å². The van der Waals surface area contributed by atoms with Crippen LogP contribution in [0.15, 0.2) is 29.6 Å². The molecule has 0 unspecified atom stereocenters. The van der Waals surface area contributed by atoms with Gasteiger partial charge in [0.25, 0.3) is 0 Å². The molecular formula is C12H12ClN3OS. The van der Waals surface area contributed by atoms with E-state index in [1.165, 1.54) is 11.3 Å². The van der Waals surface area contributed by atoms with Gasteiger partial charge in [-0.3, -0.25) is 4.79 Å². The van der Waals surface area contributed by atoms with Crippen molar-refractivity contribution >= 4 is 34.0 Å². The molecule has 18 heavy (non-hydrogen) atoms. The van der Waals surface area contributed by atoms with Crippen molar-refractivity contribution in [3.63, 3.8) is 0 Å². The second-order valence-corrected chi connectivity index (χ2v) is 5.09. The lowest BCUT2D eigenvalue weighted by atomic mass is 10.2. The third kappa shape index (κ3) is 3.72. The zero-order valence-electron chi connectivity index (χ0n) is 9.52. The number of carbonyl (C=O) groups is 1. The van der Waals surface area contributed by atoms with Crippen molar-refractivity contribution in [2.24, 2.45) is 0 Å². The normalized spacial score (nSPS) is 10.3. The maximum absolute atomic E-state index is 11.7. The van der Waals surface area contributed by atoms with Crippen molar-refractivity contribution < 1.29 is 4.79 Å². The first-order valence-electron chi connectivity index (χ1n) is 5.34. The smallest absolute Gasteiger partial charge is 0.226 e. The van der Waals surface area contributed by atoms with Gasteiger partial charge in [0.2, 0.25) is 5.91 Å². The molecule has 94 valence electrons. The van der Waals surface area contributed by atoms with Crippen LogP contribution in [0.25, 0.3) is 0 Å². The van der Waals surface area contributed by atoms with E-state index >= 15 is 0 Å². The number of hydrogen-bond donors (Lipinski definition) is 2. The Morgan fingerprint density at radius 2 is 2.33 bits per heavy atom. The van der Waals surface area contributed by atoms with E-state index in [0.717, 1.165) is 5.56 Å². The fourth-order valence-electron chi connectivity index (χ4n) is 1.48. The molecule has 0 aliphatic carbocycles. The van der Waals surface area contributed by atoms with E-state index in [1.54, 1.807) is 11.4 Å². The molecule has 6 heteroatoms. The minimum absolute atomic E-state index is 0.0831. The Kier molecular flexibility index (Phi) is 4.17. The number of carbonyl (C=O) groups excluding carboxylic acids is 1. The summed E-state index contributed by atoms with van der Waals surface area (Å²) in [6, 6.07) is 7.38. The average Bonchev–Trinajstić information content (AvgIpc) is 2.72. The summed E-state index contributed by atoms with van der Waals surface area (Å²) < 4.78 is 0. The van der Waals surface area contributed by atoms with Crippen molar-refractivity contribution in [1.82, 2.24) is 10.3 Å². The number of aromatic nitrogens is 1. The van der Waals surface area contributed by atoms with Crippen LogP contribution in [-0.2, 0) is 17.8 Å². The van der Waals surface area contributed by atoms with Gasteiger partial charge >= 0.3 is 0 Å². The molecule has 2 aromatic rings. The standard InChI is InChI=1S/C12H12ClN3OS/c13-9-3-1-2-8(4-9)6-15-11(17)5-10-7-18-12(14)16-10/h1-4,7H,5-6H2,(H2,14,16)(H,15,17). The molecule has 1 heterocycles. The highest BCUT2D eigenvalue weighted by Gasteiger charge is 2.06. The van der Waals surface area contributed by atoms with Gasteiger partial charge in [0, 0.05) is 16.9 Å². The van der Waals surface area contributed by atoms with Gasteiger partial charge in [0.05, 0.1) is 12.1 Å². The van der Waals surface area contributed by atoms with Crippen LogP contribution in [0.1, 0.15) is 11.3 Å². The number of nitrogens with two attached hydrogens (primary N) is 1. The SMILES string of the molecule is Nc1nc(CC(=O)NCc2cccc(Cl)c2)cs1. The minimum atomic E-state index is -0.0831. The summed E-state index contributed by atoms with van der Waals surface area (Å²) in [6.07, 6.45) is 0.244. The van der Waals surface area contributed by atoms with Crippen LogP contribution in [0.2, 0.25) is 5.02 Å². The Morgan fingerprint density at radius 1 is 1.50 bits per heavy atom. The summed E-state index contributed by atoms with van der Waals surface area (Å²) in [5.41, 5.74) is 7.16. The van der Waals surface area contributed by atoms with E-state index in [2.05, 4.69) is 10.3 Å². The zero-order chi connectivity index (χ0) is 13.0. The number of amides is 1. The van der Waals surface area contributed by atoms with E-state index in [1.807, 2.05) is 18.2 Å². The lowest BCUT2D eigenvalue weighted by Gasteiger charge is -2.04. The number of benzene rings is 1. The van der Waals surface area contributed by atoms with Crippen molar-refractivity contribution in [3.8, 4) is 0 Å². The van der Waals surface area contributed by atoms with Gasteiger partial charge < -0.3 is 11.1 Å². The first-order valence-corrected chi connectivity index (χ1v) is 6.60. The Hall–Kier alpha value is -1.59. The number of rotatable bonds is 4. The average molecular weight is 282 g/mol. The molecule has 0 aliphatic heterocycles. The molecule has 0 saturated carbocycles. The van der Waals surface area contributed by atoms with Crippen LogP contribution < -0.4 is 11.1 Å². The van der Waals surface area contributed by atoms with Gasteiger partial charge in [-0.05, 0) is 17.7 Å². The van der Waals surface area contributed by atoms with Crippen molar-refractivity contribution in [1.29, 1.82) is 0 Å². The predicted octanol–water partition coefficient (Wildman–Crippen LogP) is 2.24. The first-order chi connectivity index (χ1) is 8.63. The Balaban J connectivity index is 1.85. The molecular weight excluding hydrogens is 270 g/mol. The second kappa shape index (κ2) is 5.84. The Labute approximate surface area is 114 Å². The maximum atomic E-state index is 11.7. The highest BCUT2D eigenvalue weighted by Crippen LogP contribution is 2.12. The number of nitrogens with zero attached hydrogens (tertiary/aromatic N) is 1. The van der Waals surface area contributed by atoms with Crippen molar-refractivity contribution in [2.45, 2.75) is 13.0 Å². The monoisotopic (exact) mass is 281 g/mol. The Bertz CT molecular complexity index is 556. The minimum Gasteiger partial charge on any atom is -0.375 e. The van der Waals surface area contributed by atoms with E-state index in [-0.39, 0.29) is 12.3 Å². The second-order valence-electron chi connectivity index (χ2n) is 3.76. The largest absolute Gasteiger partial charge is 0.375 e. The van der Waals surface area contributed by atoms with Crippen LogP contribution in [0, 0.1) is 0 Å². The number of thiazole rings is 1. The van der Waals surface area contributed by atoms with Crippen LogP contribution in [0.3, 0.4) is 0 Å². The highest BCUT2D eigenvalue weighted by atomic mass is 35.5. The van der Waals surface area contributed by atoms with Crippen LogP contribution in [0.5, 0.6) is 0 Å². The van der Waals surface area contributed by atoms with Gasteiger partial charge in [-0.25, -0.2) is 4.98 Å². The molecule has 0 bridgehead atoms. The summed E-state index contributed by atoms with van der Waals surface area (Å²) in [7, 11) is 0. The van der Waals surface area contributed by atoms with Crippen LogP contribution >= 0.6 is 22.9 Å². The lowest BCUT2D eigenvalue weighted by Crippen LogP contribution is -2.24. The zero-order valence-corrected chi connectivity index (χ0v) is 11.1. The molecule has 0 aliphatic rings. The molecule has 1 amide bonds. The van der Waals surface area contributed by atoms with Crippen LogP contribution in [0.4, 0.5) is 5.13 Å². The summed E-state index contributed by atoms with van der Waals surface area (Å²) in [4.78, 5) is 15.7. The summed E-state index contributed by atoms with van der Waals surface area (Å²) in [6.45, 7) is 0.457. The quantitative estimate of drug-likeness (QED) is 0.903. The molecule has 3 N–H and O–H groups in total. The summed E-state index contributed by atoms with van der Waals surface area (Å²) in [5.74, 6) is -0.0831. The third-order valence-corrected chi connectivity index (χ3v) is 3.25. The molecule has 0 atom stereocenters. The number of halogens is 1. The number of hydrogen-bond acceptors (Lipinski definition) is 4. The highest BCUT2D eigenvalue weighted by molar-refractivity contribution is 7.13. The van der Waals surface area contributed by atoms with Gasteiger partial charge in [-0.2, -0.15) is 0 Å². The Morgan fingerprint density at radius 3 is 3.00 bits per heavy atom. The fourth-order valence-corrected chi connectivity index (χ4v) is 2.25. The lowest BCUT2D eigenvalue weighted by molar-refractivity contribution is -0.120. The third-order valence-electron chi connectivity index (χ3n) is 2.29. The molecule has 0 radical (unpaired) electrons. The number of nitrogens with one attached hydrogen (secondary N) is 1. The van der Waals surface area contributed by atoms with E-state index in [9.17, 15) is 4.79 Å². The van der Waals surface area contributed by atoms with Crippen molar-refractivity contribution in [2.75, 3.05) is 5.73 Å². The van der Waals surface area contributed by atoms with Gasteiger partial charge in [-0.15, -0.1) is 11.3 Å². The van der Waals surface area contributed by atoms with E-state index in [4.69, 9.17) is 17.3 Å². The molecule has 0 spiro atoms.